The zero-order chi connectivity index (χ0) is 15.5. The van der Waals surface area contributed by atoms with Crippen LogP contribution in [0.5, 0.6) is 5.75 Å². The molecule has 0 saturated carbocycles. The zero-order valence-electron chi connectivity index (χ0n) is 12.2. The van der Waals surface area contributed by atoms with Crippen molar-refractivity contribution in [2.24, 2.45) is 0 Å². The van der Waals surface area contributed by atoms with E-state index in [2.05, 4.69) is 15.7 Å². The van der Waals surface area contributed by atoms with Crippen LogP contribution in [0, 0.1) is 0 Å². The van der Waals surface area contributed by atoms with Crippen molar-refractivity contribution >= 4 is 11.6 Å². The molecule has 0 aliphatic carbocycles. The van der Waals surface area contributed by atoms with Crippen LogP contribution in [0.15, 0.2) is 30.5 Å². The van der Waals surface area contributed by atoms with Gasteiger partial charge in [0.2, 0.25) is 5.91 Å². The number of ether oxygens (including phenoxy) is 1. The normalized spacial score (nSPS) is 13.5. The maximum Gasteiger partial charge on any atom is 0.216 e. The second-order valence-electron chi connectivity index (χ2n) is 5.18. The fourth-order valence-corrected chi connectivity index (χ4v) is 2.29. The molecule has 7 nitrogen and oxygen atoms in total. The van der Waals surface area contributed by atoms with Gasteiger partial charge < -0.3 is 20.5 Å². The first-order valence-corrected chi connectivity index (χ1v) is 7.10. The summed E-state index contributed by atoms with van der Waals surface area (Å²) in [4.78, 5) is 10.8. The van der Waals surface area contributed by atoms with Gasteiger partial charge in [0, 0.05) is 38.0 Å². The lowest BCUT2D eigenvalue weighted by Crippen LogP contribution is -2.34. The molecule has 0 unspecified atom stereocenters. The fourth-order valence-electron chi connectivity index (χ4n) is 2.29. The predicted octanol–water partition coefficient (Wildman–Crippen LogP) is 0.674. The molecule has 1 aromatic carbocycles. The first-order chi connectivity index (χ1) is 10.6. The maximum atomic E-state index is 10.8. The predicted molar refractivity (Wildman–Crippen MR) is 81.1 cm³/mol. The largest absolute Gasteiger partial charge is 0.485 e. The first-order valence-electron chi connectivity index (χ1n) is 7.10. The Labute approximate surface area is 127 Å². The van der Waals surface area contributed by atoms with Gasteiger partial charge in [-0.15, -0.1) is 0 Å². The van der Waals surface area contributed by atoms with E-state index in [1.165, 1.54) is 6.92 Å². The van der Waals surface area contributed by atoms with Gasteiger partial charge in [-0.3, -0.25) is 4.79 Å². The van der Waals surface area contributed by atoms with Crippen LogP contribution in [0.3, 0.4) is 0 Å². The summed E-state index contributed by atoms with van der Waals surface area (Å²) in [7, 11) is 0. The molecule has 2 aromatic rings. The van der Waals surface area contributed by atoms with Gasteiger partial charge in [-0.25, -0.2) is 4.68 Å². The monoisotopic (exact) mass is 302 g/mol. The molecule has 1 aromatic heterocycles. The third-order valence-corrected chi connectivity index (χ3v) is 3.41. The number of aromatic nitrogens is 2. The molecule has 0 fully saturated rings. The molecule has 7 heteroatoms. The second-order valence-corrected chi connectivity index (χ2v) is 5.18. The number of carbonyl (C=O) groups excluding carboxylic acids is 1. The molecule has 1 aliphatic heterocycles. The van der Waals surface area contributed by atoms with Crippen LogP contribution in [-0.2, 0) is 11.4 Å². The van der Waals surface area contributed by atoms with E-state index in [1.54, 1.807) is 6.20 Å². The number of nitrogens with zero attached hydrogens (tertiary/aromatic N) is 2. The number of benzene rings is 1. The van der Waals surface area contributed by atoms with Crippen molar-refractivity contribution < 1.29 is 14.6 Å². The van der Waals surface area contributed by atoms with Crippen LogP contribution >= 0.6 is 0 Å². The van der Waals surface area contributed by atoms with Crippen LogP contribution < -0.4 is 15.4 Å². The van der Waals surface area contributed by atoms with Crippen molar-refractivity contribution in [3.05, 3.63) is 36.2 Å². The number of carbonyl (C=O) groups is 1. The summed E-state index contributed by atoms with van der Waals surface area (Å²) in [6.45, 7) is 2.47. The van der Waals surface area contributed by atoms with Crippen LogP contribution in [0.1, 0.15) is 12.6 Å². The molecule has 22 heavy (non-hydrogen) atoms. The van der Waals surface area contributed by atoms with Crippen molar-refractivity contribution in [2.75, 3.05) is 18.4 Å². The number of hydrogen-bond acceptors (Lipinski definition) is 5. The van der Waals surface area contributed by atoms with Crippen molar-refractivity contribution in [3.63, 3.8) is 0 Å². The van der Waals surface area contributed by atoms with E-state index >= 15 is 0 Å². The summed E-state index contributed by atoms with van der Waals surface area (Å²) < 4.78 is 7.57. The number of hydrogen-bond donors (Lipinski definition) is 3. The Morgan fingerprint density at radius 3 is 3.14 bits per heavy atom. The average Bonchev–Trinajstić information content (AvgIpc) is 2.99. The Bertz CT molecular complexity index is 683. The maximum absolute atomic E-state index is 10.8. The van der Waals surface area contributed by atoms with Gasteiger partial charge in [0.1, 0.15) is 18.0 Å². The third-order valence-electron chi connectivity index (χ3n) is 3.41. The molecule has 0 spiro atoms. The smallest absolute Gasteiger partial charge is 0.216 e. The van der Waals surface area contributed by atoms with Gasteiger partial charge in [-0.05, 0) is 18.2 Å². The van der Waals surface area contributed by atoms with Crippen LogP contribution in [-0.4, -0.2) is 40.0 Å². The minimum atomic E-state index is -0.654. The number of rotatable bonds is 5. The third kappa shape index (κ3) is 3.04. The molecule has 0 saturated heterocycles. The number of fused-ring (bicyclic) bond motifs is 3. The molecular formula is C15H18N4O3. The molecule has 1 amide bonds. The number of amides is 1. The highest BCUT2D eigenvalue weighted by Gasteiger charge is 2.17. The Balaban J connectivity index is 1.64. The molecule has 1 atom stereocenters. The SMILES string of the molecule is CC(=O)NC[C@H](O)CNc1ccc2c(c1)OCc1ccnn1-2. The van der Waals surface area contributed by atoms with E-state index in [1.807, 2.05) is 28.9 Å². The number of nitrogens with one attached hydrogen (secondary N) is 2. The molecule has 2 heterocycles. The van der Waals surface area contributed by atoms with E-state index in [9.17, 15) is 9.90 Å². The van der Waals surface area contributed by atoms with Gasteiger partial charge in [0.05, 0.1) is 11.8 Å². The molecular weight excluding hydrogens is 284 g/mol. The summed E-state index contributed by atoms with van der Waals surface area (Å²) in [6.07, 6.45) is 1.09. The van der Waals surface area contributed by atoms with Crippen LogP contribution in [0.4, 0.5) is 5.69 Å². The highest BCUT2D eigenvalue weighted by molar-refractivity contribution is 5.72. The number of aliphatic hydroxyl groups is 1. The van der Waals surface area contributed by atoms with Gasteiger partial charge in [-0.2, -0.15) is 5.10 Å². The minimum Gasteiger partial charge on any atom is -0.485 e. The van der Waals surface area contributed by atoms with Gasteiger partial charge in [-0.1, -0.05) is 0 Å². The lowest BCUT2D eigenvalue weighted by atomic mass is 10.2. The zero-order valence-corrected chi connectivity index (χ0v) is 12.2. The highest BCUT2D eigenvalue weighted by Crippen LogP contribution is 2.31. The summed E-state index contributed by atoms with van der Waals surface area (Å²) in [5, 5.41) is 19.8. The first kappa shape index (κ1) is 14.4. The minimum absolute atomic E-state index is 0.156. The van der Waals surface area contributed by atoms with Crippen molar-refractivity contribution in [3.8, 4) is 11.4 Å². The quantitative estimate of drug-likeness (QED) is 0.755. The average molecular weight is 302 g/mol. The van der Waals surface area contributed by atoms with Crippen LogP contribution in [0.2, 0.25) is 0 Å². The lowest BCUT2D eigenvalue weighted by Gasteiger charge is -2.20. The van der Waals surface area contributed by atoms with E-state index in [-0.39, 0.29) is 12.5 Å². The van der Waals surface area contributed by atoms with Crippen molar-refractivity contribution in [1.82, 2.24) is 15.1 Å². The summed E-state index contributed by atoms with van der Waals surface area (Å²) in [5.74, 6) is 0.591. The summed E-state index contributed by atoms with van der Waals surface area (Å²) in [6, 6.07) is 7.64. The summed E-state index contributed by atoms with van der Waals surface area (Å²) in [5.41, 5.74) is 2.76. The molecule has 3 N–H and O–H groups in total. The topological polar surface area (TPSA) is 88.4 Å². The van der Waals surface area contributed by atoms with Gasteiger partial charge in [0.25, 0.3) is 0 Å². The number of anilines is 1. The van der Waals surface area contributed by atoms with Crippen molar-refractivity contribution in [2.45, 2.75) is 19.6 Å². The highest BCUT2D eigenvalue weighted by atomic mass is 16.5. The Morgan fingerprint density at radius 2 is 2.32 bits per heavy atom. The molecule has 116 valence electrons. The second kappa shape index (κ2) is 6.07. The lowest BCUT2D eigenvalue weighted by molar-refractivity contribution is -0.119. The Morgan fingerprint density at radius 1 is 1.45 bits per heavy atom. The van der Waals surface area contributed by atoms with E-state index in [4.69, 9.17) is 4.74 Å². The molecule has 0 radical (unpaired) electrons. The van der Waals surface area contributed by atoms with E-state index < -0.39 is 6.10 Å². The Hall–Kier alpha value is -2.54. The number of aliphatic hydroxyl groups excluding tert-OH is 1. The standard InChI is InChI=1S/C15H18N4O3/c1-10(20)16-7-13(21)8-17-11-2-3-14-15(6-11)22-9-12-4-5-18-19(12)14/h2-6,13,17,21H,7-9H2,1H3,(H,16,20)/t13-/m0/s1. The molecule has 1 aliphatic rings. The van der Waals surface area contributed by atoms with Crippen molar-refractivity contribution in [1.29, 1.82) is 0 Å². The van der Waals surface area contributed by atoms with Gasteiger partial charge >= 0.3 is 0 Å². The molecule has 0 bridgehead atoms. The Kier molecular flexibility index (Phi) is 3.97. The summed E-state index contributed by atoms with van der Waals surface area (Å²) >= 11 is 0. The molecule has 3 rings (SSSR count). The van der Waals surface area contributed by atoms with Crippen LogP contribution in [0.25, 0.3) is 5.69 Å². The van der Waals surface area contributed by atoms with E-state index in [0.717, 1.165) is 22.8 Å². The van der Waals surface area contributed by atoms with Gasteiger partial charge in [0.15, 0.2) is 0 Å². The van der Waals surface area contributed by atoms with E-state index in [0.29, 0.717) is 13.2 Å². The fraction of sp³-hybridized carbons (Fsp3) is 0.333.